The molecular formula is C16H12F3N5O5. The predicted molar refractivity (Wildman–Crippen MR) is 90.4 cm³/mol. The molecule has 0 N–H and O–H groups in total. The summed E-state index contributed by atoms with van der Waals surface area (Å²) >= 11 is 0. The van der Waals surface area contributed by atoms with Crippen molar-refractivity contribution in [2.24, 2.45) is 0 Å². The Kier molecular flexibility index (Phi) is 5.05. The number of fused-ring (bicyclic) bond motifs is 1. The number of esters is 1. The van der Waals surface area contributed by atoms with Crippen molar-refractivity contribution in [1.29, 1.82) is 0 Å². The number of ether oxygens (including phenoxy) is 1. The molecule has 29 heavy (non-hydrogen) atoms. The third kappa shape index (κ3) is 3.93. The molecule has 0 atom stereocenters. The van der Waals surface area contributed by atoms with Gasteiger partial charge in [-0.3, -0.25) is 14.9 Å². The summed E-state index contributed by atoms with van der Waals surface area (Å²) in [5.41, 5.74) is -1.36. The summed E-state index contributed by atoms with van der Waals surface area (Å²) < 4.78 is 45.3. The van der Waals surface area contributed by atoms with Crippen molar-refractivity contribution >= 4 is 17.4 Å². The molecule has 0 radical (unpaired) electrons. The van der Waals surface area contributed by atoms with Crippen LogP contribution < -0.4 is 5.56 Å². The summed E-state index contributed by atoms with van der Waals surface area (Å²) in [6.45, 7) is 1.32. The van der Waals surface area contributed by atoms with Crippen LogP contribution in [0, 0.1) is 10.1 Å². The normalized spacial score (nSPS) is 11.6. The maximum absolute atomic E-state index is 13.0. The van der Waals surface area contributed by atoms with Gasteiger partial charge in [-0.2, -0.15) is 22.7 Å². The molecule has 152 valence electrons. The zero-order valence-electron chi connectivity index (χ0n) is 14.7. The first-order chi connectivity index (χ1) is 13.6. The minimum atomic E-state index is -4.91. The lowest BCUT2D eigenvalue weighted by Crippen LogP contribution is -2.27. The molecule has 0 saturated heterocycles. The maximum atomic E-state index is 13.0. The summed E-state index contributed by atoms with van der Waals surface area (Å²) in [5, 5.41) is 13.9. The fourth-order valence-electron chi connectivity index (χ4n) is 2.51. The number of rotatable bonds is 5. The molecule has 0 bridgehead atoms. The van der Waals surface area contributed by atoms with E-state index in [0.717, 1.165) is 10.8 Å². The van der Waals surface area contributed by atoms with Crippen molar-refractivity contribution in [2.75, 3.05) is 6.61 Å². The number of nitro benzene ring substituents is 1. The largest absolute Gasteiger partial charge is 0.462 e. The highest BCUT2D eigenvalue weighted by Crippen LogP contribution is 2.26. The maximum Gasteiger partial charge on any atom is 0.453 e. The number of halogens is 3. The van der Waals surface area contributed by atoms with Crippen molar-refractivity contribution in [1.82, 2.24) is 19.2 Å². The number of carbonyl (C=O) groups is 1. The van der Waals surface area contributed by atoms with Crippen LogP contribution in [0.1, 0.15) is 28.7 Å². The number of aromatic nitrogens is 4. The Morgan fingerprint density at radius 2 is 1.93 bits per heavy atom. The fourth-order valence-corrected chi connectivity index (χ4v) is 2.51. The van der Waals surface area contributed by atoms with E-state index in [1.165, 1.54) is 31.2 Å². The molecule has 0 unspecified atom stereocenters. The van der Waals surface area contributed by atoms with Gasteiger partial charge in [0.15, 0.2) is 0 Å². The van der Waals surface area contributed by atoms with Gasteiger partial charge in [0.05, 0.1) is 18.1 Å². The van der Waals surface area contributed by atoms with E-state index in [1.807, 2.05) is 0 Å². The standard InChI is InChI=1S/C16H12F3N5O5/c1-2-29-13(26)11-8-22(7-9-3-5-10(6-4-9)24(27)28)15-20-14(16(17,18)19)21-23(15)12(11)25/h3-6,8H,2,7H2,1H3. The first kappa shape index (κ1) is 20.0. The molecular weight excluding hydrogens is 399 g/mol. The van der Waals surface area contributed by atoms with Gasteiger partial charge in [-0.05, 0) is 12.5 Å². The zero-order valence-corrected chi connectivity index (χ0v) is 14.7. The van der Waals surface area contributed by atoms with Crippen molar-refractivity contribution < 1.29 is 27.6 Å². The van der Waals surface area contributed by atoms with Crippen LogP contribution in [0.5, 0.6) is 0 Å². The van der Waals surface area contributed by atoms with Crippen LogP contribution in [-0.4, -0.2) is 36.7 Å². The molecule has 0 aliphatic heterocycles. The lowest BCUT2D eigenvalue weighted by Gasteiger charge is -2.10. The van der Waals surface area contributed by atoms with Crippen LogP contribution in [0.25, 0.3) is 5.78 Å². The summed E-state index contributed by atoms with van der Waals surface area (Å²) in [5.74, 6) is -3.03. The molecule has 3 aromatic rings. The SMILES string of the molecule is CCOC(=O)c1cn(Cc2ccc([N+](=O)[O-])cc2)c2nc(C(F)(F)F)nn2c1=O. The Morgan fingerprint density at radius 3 is 2.48 bits per heavy atom. The number of non-ortho nitro benzene ring substituents is 1. The van der Waals surface area contributed by atoms with E-state index in [0.29, 0.717) is 10.1 Å². The van der Waals surface area contributed by atoms with E-state index in [1.54, 1.807) is 0 Å². The smallest absolute Gasteiger partial charge is 0.453 e. The summed E-state index contributed by atoms with van der Waals surface area (Å²) in [7, 11) is 0. The Balaban J connectivity index is 2.16. The zero-order chi connectivity index (χ0) is 21.3. The Hall–Kier alpha value is -3.77. The van der Waals surface area contributed by atoms with Crippen molar-refractivity contribution in [2.45, 2.75) is 19.6 Å². The van der Waals surface area contributed by atoms with Gasteiger partial charge in [-0.25, -0.2) is 4.79 Å². The third-order valence-electron chi connectivity index (χ3n) is 3.80. The van der Waals surface area contributed by atoms with Crippen LogP contribution in [0.4, 0.5) is 18.9 Å². The molecule has 0 spiro atoms. The first-order valence-electron chi connectivity index (χ1n) is 8.09. The van der Waals surface area contributed by atoms with Gasteiger partial charge in [0, 0.05) is 18.3 Å². The van der Waals surface area contributed by atoms with Crippen molar-refractivity contribution in [3.8, 4) is 0 Å². The van der Waals surface area contributed by atoms with Gasteiger partial charge in [-0.15, -0.1) is 5.10 Å². The lowest BCUT2D eigenvalue weighted by molar-refractivity contribution is -0.384. The molecule has 0 fully saturated rings. The van der Waals surface area contributed by atoms with Gasteiger partial charge in [-0.1, -0.05) is 12.1 Å². The topological polar surface area (TPSA) is 122 Å². The third-order valence-corrected chi connectivity index (χ3v) is 3.80. The Morgan fingerprint density at radius 1 is 1.28 bits per heavy atom. The number of benzene rings is 1. The number of nitrogens with zero attached hydrogens (tertiary/aromatic N) is 5. The second-order valence-electron chi connectivity index (χ2n) is 5.76. The van der Waals surface area contributed by atoms with Crippen LogP contribution in [-0.2, 0) is 17.5 Å². The van der Waals surface area contributed by atoms with Crippen LogP contribution in [0.15, 0.2) is 35.3 Å². The average Bonchev–Trinajstić information content (AvgIpc) is 3.11. The van der Waals surface area contributed by atoms with E-state index in [-0.39, 0.29) is 18.8 Å². The molecule has 1 aromatic carbocycles. The van der Waals surface area contributed by atoms with E-state index >= 15 is 0 Å². The summed E-state index contributed by atoms with van der Waals surface area (Å²) in [4.78, 5) is 38.0. The van der Waals surface area contributed by atoms with Gasteiger partial charge in [0.25, 0.3) is 17.1 Å². The Bertz CT molecular complexity index is 1150. The highest BCUT2D eigenvalue weighted by atomic mass is 19.4. The minimum Gasteiger partial charge on any atom is -0.462 e. The highest BCUT2D eigenvalue weighted by Gasteiger charge is 2.37. The van der Waals surface area contributed by atoms with E-state index in [2.05, 4.69) is 10.1 Å². The monoisotopic (exact) mass is 411 g/mol. The average molecular weight is 411 g/mol. The highest BCUT2D eigenvalue weighted by molar-refractivity contribution is 5.88. The second kappa shape index (κ2) is 7.33. The van der Waals surface area contributed by atoms with Crippen molar-refractivity contribution in [3.63, 3.8) is 0 Å². The molecule has 0 aliphatic rings. The minimum absolute atomic E-state index is 0.0518. The second-order valence-corrected chi connectivity index (χ2v) is 5.76. The van der Waals surface area contributed by atoms with Crippen LogP contribution in [0.3, 0.4) is 0 Å². The summed E-state index contributed by atoms with van der Waals surface area (Å²) in [6.07, 6.45) is -3.89. The number of hydrogen-bond acceptors (Lipinski definition) is 7. The first-order valence-corrected chi connectivity index (χ1v) is 8.09. The predicted octanol–water partition coefficient (Wildman–Crippen LogP) is 2.04. The van der Waals surface area contributed by atoms with E-state index < -0.39 is 39.8 Å². The number of carbonyl (C=O) groups excluding carboxylic acids is 1. The van der Waals surface area contributed by atoms with Gasteiger partial charge in [0.1, 0.15) is 5.56 Å². The molecule has 2 aromatic heterocycles. The van der Waals surface area contributed by atoms with Crippen LogP contribution in [0.2, 0.25) is 0 Å². The number of hydrogen-bond donors (Lipinski definition) is 0. The van der Waals surface area contributed by atoms with E-state index in [9.17, 15) is 32.9 Å². The molecule has 13 heteroatoms. The molecule has 0 saturated carbocycles. The lowest BCUT2D eigenvalue weighted by atomic mass is 10.2. The van der Waals surface area contributed by atoms with Crippen molar-refractivity contribution in [3.05, 3.63) is 67.9 Å². The molecule has 2 heterocycles. The van der Waals surface area contributed by atoms with Crippen LogP contribution >= 0.6 is 0 Å². The molecule has 10 nitrogen and oxygen atoms in total. The van der Waals surface area contributed by atoms with Gasteiger partial charge < -0.3 is 9.30 Å². The molecule has 0 aliphatic carbocycles. The molecule has 3 rings (SSSR count). The van der Waals surface area contributed by atoms with Gasteiger partial charge >= 0.3 is 12.1 Å². The Labute approximate surface area is 159 Å². The molecule has 0 amide bonds. The number of nitro groups is 1. The number of alkyl halides is 3. The fraction of sp³-hybridized carbons (Fsp3) is 0.250. The van der Waals surface area contributed by atoms with E-state index in [4.69, 9.17) is 4.74 Å². The quantitative estimate of drug-likeness (QED) is 0.358. The summed E-state index contributed by atoms with van der Waals surface area (Å²) in [6, 6.07) is 5.20. The van der Waals surface area contributed by atoms with Gasteiger partial charge in [0.2, 0.25) is 5.78 Å².